The molecule has 0 aliphatic heterocycles. The lowest BCUT2D eigenvalue weighted by atomic mass is 10.2. The number of ether oxygens (including phenoxy) is 3. The van der Waals surface area contributed by atoms with Gasteiger partial charge in [-0.1, -0.05) is 6.07 Å². The molecule has 0 bridgehead atoms. The zero-order valence-corrected chi connectivity index (χ0v) is 12.3. The fourth-order valence-electron chi connectivity index (χ4n) is 2.00. The van der Waals surface area contributed by atoms with Crippen molar-refractivity contribution in [1.82, 2.24) is 5.32 Å². The van der Waals surface area contributed by atoms with Gasteiger partial charge >= 0.3 is 0 Å². The van der Waals surface area contributed by atoms with Crippen molar-refractivity contribution < 1.29 is 18.6 Å². The number of nitrogens with one attached hydrogen (secondary N) is 1. The van der Waals surface area contributed by atoms with E-state index in [-0.39, 0.29) is 5.82 Å². The average molecular weight is 291 g/mol. The van der Waals surface area contributed by atoms with E-state index in [9.17, 15) is 4.39 Å². The van der Waals surface area contributed by atoms with Crippen molar-refractivity contribution in [2.24, 2.45) is 0 Å². The van der Waals surface area contributed by atoms with Gasteiger partial charge in [-0.25, -0.2) is 4.39 Å². The van der Waals surface area contributed by atoms with Gasteiger partial charge in [0.15, 0.2) is 11.5 Å². The highest BCUT2D eigenvalue weighted by atomic mass is 19.1. The van der Waals surface area contributed by atoms with E-state index < -0.39 is 0 Å². The molecule has 2 aromatic rings. The summed E-state index contributed by atoms with van der Waals surface area (Å²) in [6, 6.07) is 9.75. The summed E-state index contributed by atoms with van der Waals surface area (Å²) in [6.45, 7) is 0.491. The molecule has 0 amide bonds. The Morgan fingerprint density at radius 1 is 1.00 bits per heavy atom. The molecule has 0 unspecified atom stereocenters. The normalized spacial score (nSPS) is 10.3. The molecule has 4 nitrogen and oxygen atoms in total. The average Bonchev–Trinajstić information content (AvgIpc) is 2.50. The second-order valence-corrected chi connectivity index (χ2v) is 4.38. The smallest absolute Gasteiger partial charge is 0.211 e. The van der Waals surface area contributed by atoms with Gasteiger partial charge in [0, 0.05) is 12.1 Å². The van der Waals surface area contributed by atoms with Gasteiger partial charge in [-0.15, -0.1) is 0 Å². The lowest BCUT2D eigenvalue weighted by Crippen LogP contribution is -2.07. The van der Waals surface area contributed by atoms with Crippen molar-refractivity contribution in [3.05, 3.63) is 47.8 Å². The van der Waals surface area contributed by atoms with Gasteiger partial charge in [-0.05, 0) is 37.4 Å². The minimum absolute atomic E-state index is 0.306. The van der Waals surface area contributed by atoms with E-state index in [1.807, 2.05) is 6.07 Å². The molecule has 0 aromatic heterocycles. The van der Waals surface area contributed by atoms with E-state index in [0.717, 1.165) is 0 Å². The number of rotatable bonds is 6. The maximum absolute atomic E-state index is 13.4. The molecule has 0 aliphatic rings. The summed E-state index contributed by atoms with van der Waals surface area (Å²) in [5, 5.41) is 2.99. The van der Waals surface area contributed by atoms with E-state index in [1.165, 1.54) is 12.1 Å². The summed E-state index contributed by atoms with van der Waals surface area (Å²) in [5.74, 6) is 1.81. The number of para-hydroxylation sites is 1. The molecule has 5 heteroatoms. The quantitative estimate of drug-likeness (QED) is 0.886. The summed E-state index contributed by atoms with van der Waals surface area (Å²) < 4.78 is 29.8. The van der Waals surface area contributed by atoms with Crippen LogP contribution >= 0.6 is 0 Å². The van der Waals surface area contributed by atoms with Crippen LogP contribution < -0.4 is 19.5 Å². The Balaban J connectivity index is 2.42. The van der Waals surface area contributed by atoms with Crippen molar-refractivity contribution in [1.29, 1.82) is 0 Å². The summed E-state index contributed by atoms with van der Waals surface area (Å²) in [5.41, 5.74) is 0.713. The summed E-state index contributed by atoms with van der Waals surface area (Å²) in [7, 11) is 4.90. The van der Waals surface area contributed by atoms with Gasteiger partial charge in [0.25, 0.3) is 0 Å². The molecule has 0 heterocycles. The van der Waals surface area contributed by atoms with Gasteiger partial charge in [0.2, 0.25) is 5.75 Å². The highest BCUT2D eigenvalue weighted by Crippen LogP contribution is 2.40. The fourth-order valence-corrected chi connectivity index (χ4v) is 2.00. The monoisotopic (exact) mass is 291 g/mol. The molecule has 0 radical (unpaired) electrons. The standard InChI is InChI=1S/C16H18FNO3/c1-18-10-11-9-12(17)7-8-13(11)21-16-14(19-2)5-4-6-15(16)20-3/h4-9,18H,10H2,1-3H3. The number of hydrogen-bond donors (Lipinski definition) is 1. The fraction of sp³-hybridized carbons (Fsp3) is 0.250. The number of hydrogen-bond acceptors (Lipinski definition) is 4. The van der Waals surface area contributed by atoms with Crippen LogP contribution in [-0.4, -0.2) is 21.3 Å². The largest absolute Gasteiger partial charge is 0.493 e. The van der Waals surface area contributed by atoms with Crippen molar-refractivity contribution in [2.75, 3.05) is 21.3 Å². The Kier molecular flexibility index (Phi) is 5.00. The first kappa shape index (κ1) is 15.1. The Hall–Kier alpha value is -2.27. The third kappa shape index (κ3) is 3.44. The Morgan fingerprint density at radius 3 is 2.24 bits per heavy atom. The minimum atomic E-state index is -0.306. The Labute approximate surface area is 123 Å². The molecule has 0 spiro atoms. The number of benzene rings is 2. The first-order valence-corrected chi connectivity index (χ1v) is 6.51. The third-order valence-electron chi connectivity index (χ3n) is 2.98. The molecule has 1 N–H and O–H groups in total. The van der Waals surface area contributed by atoms with Crippen LogP contribution in [0.4, 0.5) is 4.39 Å². The minimum Gasteiger partial charge on any atom is -0.493 e. The lowest BCUT2D eigenvalue weighted by Gasteiger charge is -2.16. The molecule has 0 fully saturated rings. The van der Waals surface area contributed by atoms with Crippen molar-refractivity contribution in [3.8, 4) is 23.0 Å². The SMILES string of the molecule is CNCc1cc(F)ccc1Oc1c(OC)cccc1OC. The zero-order valence-electron chi connectivity index (χ0n) is 12.3. The number of halogens is 1. The van der Waals surface area contributed by atoms with Crippen molar-refractivity contribution in [2.45, 2.75) is 6.54 Å². The maximum atomic E-state index is 13.4. The predicted octanol–water partition coefficient (Wildman–Crippen LogP) is 3.35. The van der Waals surface area contributed by atoms with Crippen LogP contribution in [-0.2, 0) is 6.54 Å². The van der Waals surface area contributed by atoms with Gasteiger partial charge in [0.05, 0.1) is 14.2 Å². The van der Waals surface area contributed by atoms with E-state index in [0.29, 0.717) is 35.1 Å². The molecule has 2 aromatic carbocycles. The molecular formula is C16H18FNO3. The molecule has 0 aliphatic carbocycles. The van der Waals surface area contributed by atoms with Crippen LogP contribution in [0, 0.1) is 5.82 Å². The third-order valence-corrected chi connectivity index (χ3v) is 2.98. The predicted molar refractivity (Wildman–Crippen MR) is 78.8 cm³/mol. The summed E-state index contributed by atoms with van der Waals surface area (Å²) >= 11 is 0. The molecule has 2 rings (SSSR count). The van der Waals surface area contributed by atoms with Crippen LogP contribution in [0.25, 0.3) is 0 Å². The molecule has 0 saturated heterocycles. The van der Waals surface area contributed by atoms with Gasteiger partial charge < -0.3 is 19.5 Å². The molecule has 112 valence electrons. The molecule has 0 saturated carbocycles. The van der Waals surface area contributed by atoms with Gasteiger partial charge in [-0.3, -0.25) is 0 Å². The van der Waals surface area contributed by atoms with Crippen LogP contribution in [0.3, 0.4) is 0 Å². The maximum Gasteiger partial charge on any atom is 0.211 e. The molecule has 0 atom stereocenters. The van der Waals surface area contributed by atoms with Gasteiger partial charge in [0.1, 0.15) is 11.6 Å². The molecule has 21 heavy (non-hydrogen) atoms. The van der Waals surface area contributed by atoms with E-state index >= 15 is 0 Å². The zero-order chi connectivity index (χ0) is 15.2. The first-order chi connectivity index (χ1) is 10.2. The number of methoxy groups -OCH3 is 2. The van der Waals surface area contributed by atoms with Crippen molar-refractivity contribution in [3.63, 3.8) is 0 Å². The topological polar surface area (TPSA) is 39.7 Å². The van der Waals surface area contributed by atoms with Crippen LogP contribution in [0.5, 0.6) is 23.0 Å². The highest BCUT2D eigenvalue weighted by Gasteiger charge is 2.14. The van der Waals surface area contributed by atoms with Crippen LogP contribution in [0.1, 0.15) is 5.56 Å². The second kappa shape index (κ2) is 6.95. The van der Waals surface area contributed by atoms with Crippen LogP contribution in [0.2, 0.25) is 0 Å². The van der Waals surface area contributed by atoms with E-state index in [4.69, 9.17) is 14.2 Å². The first-order valence-electron chi connectivity index (χ1n) is 6.51. The van der Waals surface area contributed by atoms with Gasteiger partial charge in [-0.2, -0.15) is 0 Å². The summed E-state index contributed by atoms with van der Waals surface area (Å²) in [6.07, 6.45) is 0. The second-order valence-electron chi connectivity index (χ2n) is 4.38. The van der Waals surface area contributed by atoms with E-state index in [2.05, 4.69) is 5.32 Å². The van der Waals surface area contributed by atoms with Crippen molar-refractivity contribution >= 4 is 0 Å². The van der Waals surface area contributed by atoms with E-state index in [1.54, 1.807) is 39.5 Å². The Morgan fingerprint density at radius 2 is 1.67 bits per heavy atom. The highest BCUT2D eigenvalue weighted by molar-refractivity contribution is 5.53. The lowest BCUT2D eigenvalue weighted by molar-refractivity contribution is 0.344. The Bertz CT molecular complexity index is 594. The van der Waals surface area contributed by atoms with Crippen LogP contribution in [0.15, 0.2) is 36.4 Å². The molecular weight excluding hydrogens is 273 g/mol. The summed E-state index contributed by atoms with van der Waals surface area (Å²) in [4.78, 5) is 0.